The average Bonchev–Trinajstić information content (AvgIpc) is 3.68. The summed E-state index contributed by atoms with van der Waals surface area (Å²) in [6.45, 7) is 0. The first-order valence-electron chi connectivity index (χ1n) is 12.4. The second-order valence-electron chi connectivity index (χ2n) is 9.61. The fourth-order valence-corrected chi connectivity index (χ4v) is 5.92. The zero-order valence-electron chi connectivity index (χ0n) is 19.7. The minimum Gasteiger partial charge on any atom is -0.276 e. The van der Waals surface area contributed by atoms with E-state index in [9.17, 15) is 0 Å². The number of nitrogens with zero attached hydrogens (tertiary/aromatic N) is 5. The van der Waals surface area contributed by atoms with Crippen molar-refractivity contribution in [2.75, 3.05) is 0 Å². The van der Waals surface area contributed by atoms with Gasteiger partial charge in [0.1, 0.15) is 5.52 Å². The maximum Gasteiger partial charge on any atom is 0.223 e. The number of hydrogen-bond donors (Lipinski definition) is 0. The zero-order chi connectivity index (χ0) is 24.1. The molecule has 5 heteroatoms. The van der Waals surface area contributed by atoms with E-state index < -0.39 is 0 Å². The van der Waals surface area contributed by atoms with Gasteiger partial charge in [0, 0.05) is 0 Å². The molecule has 9 aromatic rings. The molecule has 4 aromatic heterocycles. The molecule has 0 saturated carbocycles. The molecule has 172 valence electrons. The van der Waals surface area contributed by atoms with Crippen LogP contribution < -0.4 is 0 Å². The van der Waals surface area contributed by atoms with E-state index in [-0.39, 0.29) is 0 Å². The Labute approximate surface area is 210 Å². The van der Waals surface area contributed by atoms with Crippen LogP contribution in [0.2, 0.25) is 0 Å². The summed E-state index contributed by atoms with van der Waals surface area (Å²) in [4.78, 5) is 10.2. The van der Waals surface area contributed by atoms with Crippen molar-refractivity contribution in [3.63, 3.8) is 0 Å². The molecule has 0 unspecified atom stereocenters. The van der Waals surface area contributed by atoms with Gasteiger partial charge in [0.25, 0.3) is 0 Å². The first-order chi connectivity index (χ1) is 18.3. The normalized spacial score (nSPS) is 12.3. The molecule has 4 heterocycles. The molecular formula is C32H19N5. The van der Waals surface area contributed by atoms with E-state index in [2.05, 4.69) is 128 Å². The highest BCUT2D eigenvalue weighted by atomic mass is 15.3. The Morgan fingerprint density at radius 1 is 0.378 bits per heavy atom. The van der Waals surface area contributed by atoms with Gasteiger partial charge in [0.15, 0.2) is 0 Å². The monoisotopic (exact) mass is 473 g/mol. The van der Waals surface area contributed by atoms with Gasteiger partial charge in [0.2, 0.25) is 11.6 Å². The van der Waals surface area contributed by atoms with E-state index in [0.717, 1.165) is 50.2 Å². The Hall–Kier alpha value is -5.16. The highest BCUT2D eigenvalue weighted by Gasteiger charge is 2.23. The van der Waals surface area contributed by atoms with Gasteiger partial charge >= 0.3 is 0 Å². The molecule has 5 aromatic carbocycles. The average molecular weight is 474 g/mol. The molecule has 0 aliphatic carbocycles. The van der Waals surface area contributed by atoms with E-state index in [1.165, 1.54) is 22.3 Å². The summed E-state index contributed by atoms with van der Waals surface area (Å²) >= 11 is 0. The van der Waals surface area contributed by atoms with E-state index in [1.54, 1.807) is 0 Å². The minimum absolute atomic E-state index is 0.889. The van der Waals surface area contributed by atoms with Crippen LogP contribution in [0.5, 0.6) is 0 Å². The van der Waals surface area contributed by atoms with E-state index in [0.29, 0.717) is 0 Å². The maximum absolute atomic E-state index is 5.10. The SMILES string of the molecule is c1ccc(-c2ccc3nc4n(c3c2)c2cccc3c2n4c2nc4ccc(-c5ccccc5)cc4n32)cc1. The molecule has 0 saturated heterocycles. The standard InChI is InChI=1S/C32H19N5/c1-3-8-20(9-4-1)22-14-16-24-28(18-22)35-26-12-7-13-27-30(26)37(31(35)33-24)32-34-25-17-15-23(19-29(25)36(27)32)21-10-5-2-6-11-21/h1-19H. The molecule has 0 radical (unpaired) electrons. The largest absolute Gasteiger partial charge is 0.276 e. The smallest absolute Gasteiger partial charge is 0.223 e. The topological polar surface area (TPSA) is 39.0 Å². The number of benzene rings is 5. The number of hydrogen-bond acceptors (Lipinski definition) is 2. The van der Waals surface area contributed by atoms with Crippen LogP contribution in [0.1, 0.15) is 0 Å². The van der Waals surface area contributed by atoms with Crippen LogP contribution in [0.4, 0.5) is 0 Å². The highest BCUT2D eigenvalue weighted by molar-refractivity contribution is 6.04. The lowest BCUT2D eigenvalue weighted by atomic mass is 10.1. The highest BCUT2D eigenvalue weighted by Crippen LogP contribution is 2.36. The van der Waals surface area contributed by atoms with E-state index in [4.69, 9.17) is 9.97 Å². The van der Waals surface area contributed by atoms with Gasteiger partial charge in [-0.3, -0.25) is 8.80 Å². The van der Waals surface area contributed by atoms with Gasteiger partial charge in [-0.1, -0.05) is 78.9 Å². The Morgan fingerprint density at radius 2 is 0.865 bits per heavy atom. The molecule has 0 amide bonds. The molecule has 5 nitrogen and oxygen atoms in total. The number of para-hydroxylation sites is 1. The van der Waals surface area contributed by atoms with Gasteiger partial charge in [-0.15, -0.1) is 0 Å². The molecule has 0 fully saturated rings. The lowest BCUT2D eigenvalue weighted by molar-refractivity contribution is 1.15. The van der Waals surface area contributed by atoms with Crippen molar-refractivity contribution in [3.8, 4) is 22.3 Å². The molecule has 0 bridgehead atoms. The van der Waals surface area contributed by atoms with Gasteiger partial charge in [-0.2, -0.15) is 0 Å². The van der Waals surface area contributed by atoms with Crippen LogP contribution in [-0.4, -0.2) is 23.2 Å². The van der Waals surface area contributed by atoms with Crippen molar-refractivity contribution in [1.29, 1.82) is 0 Å². The molecule has 0 spiro atoms. The molecule has 9 rings (SSSR count). The van der Waals surface area contributed by atoms with Crippen LogP contribution in [0.25, 0.3) is 72.4 Å². The Morgan fingerprint density at radius 3 is 1.35 bits per heavy atom. The molecule has 0 N–H and O–H groups in total. The van der Waals surface area contributed by atoms with Gasteiger partial charge < -0.3 is 0 Å². The third-order valence-electron chi connectivity index (χ3n) is 7.59. The van der Waals surface area contributed by atoms with Crippen molar-refractivity contribution in [2.45, 2.75) is 0 Å². The molecular weight excluding hydrogens is 454 g/mol. The number of aromatic nitrogens is 5. The fraction of sp³-hybridized carbons (Fsp3) is 0. The third kappa shape index (κ3) is 2.43. The van der Waals surface area contributed by atoms with Crippen molar-refractivity contribution < 1.29 is 0 Å². The molecule has 0 atom stereocenters. The summed E-state index contributed by atoms with van der Waals surface area (Å²) in [6.07, 6.45) is 0. The van der Waals surface area contributed by atoms with Gasteiger partial charge in [-0.25, -0.2) is 14.4 Å². The van der Waals surface area contributed by atoms with Crippen LogP contribution in [-0.2, 0) is 0 Å². The summed E-state index contributed by atoms with van der Waals surface area (Å²) in [7, 11) is 0. The van der Waals surface area contributed by atoms with Gasteiger partial charge in [-0.05, 0) is 58.7 Å². The summed E-state index contributed by atoms with van der Waals surface area (Å²) in [6, 6.07) is 40.6. The number of fused-ring (bicyclic) bond motifs is 10. The maximum atomic E-state index is 5.10. The van der Waals surface area contributed by atoms with Crippen molar-refractivity contribution in [1.82, 2.24) is 23.2 Å². The summed E-state index contributed by atoms with van der Waals surface area (Å²) < 4.78 is 6.77. The summed E-state index contributed by atoms with van der Waals surface area (Å²) in [5.41, 5.74) is 12.4. The Bertz CT molecular complexity index is 2130. The van der Waals surface area contributed by atoms with E-state index >= 15 is 0 Å². The Balaban J connectivity index is 1.39. The lowest BCUT2D eigenvalue weighted by Gasteiger charge is -2.03. The van der Waals surface area contributed by atoms with E-state index in [1.807, 2.05) is 0 Å². The fourth-order valence-electron chi connectivity index (χ4n) is 5.92. The van der Waals surface area contributed by atoms with Crippen LogP contribution >= 0.6 is 0 Å². The first-order valence-corrected chi connectivity index (χ1v) is 12.4. The summed E-state index contributed by atoms with van der Waals surface area (Å²) in [5.74, 6) is 1.78. The van der Waals surface area contributed by atoms with Gasteiger partial charge in [0.05, 0.1) is 33.1 Å². The van der Waals surface area contributed by atoms with Crippen LogP contribution in [0.3, 0.4) is 0 Å². The van der Waals surface area contributed by atoms with Crippen molar-refractivity contribution in [3.05, 3.63) is 115 Å². The number of rotatable bonds is 2. The predicted molar refractivity (Wildman–Crippen MR) is 149 cm³/mol. The summed E-state index contributed by atoms with van der Waals surface area (Å²) in [5, 5.41) is 0. The number of imidazole rings is 4. The second kappa shape index (κ2) is 6.74. The lowest BCUT2D eigenvalue weighted by Crippen LogP contribution is -1.87. The molecule has 37 heavy (non-hydrogen) atoms. The predicted octanol–water partition coefficient (Wildman–Crippen LogP) is 7.47. The van der Waals surface area contributed by atoms with Crippen molar-refractivity contribution >= 4 is 50.2 Å². The third-order valence-corrected chi connectivity index (χ3v) is 7.59. The molecule has 0 aliphatic heterocycles. The Kier molecular flexibility index (Phi) is 3.47. The first kappa shape index (κ1) is 19.1. The van der Waals surface area contributed by atoms with Crippen LogP contribution in [0, 0.1) is 0 Å². The van der Waals surface area contributed by atoms with Crippen LogP contribution in [0.15, 0.2) is 115 Å². The minimum atomic E-state index is 0.889. The van der Waals surface area contributed by atoms with Crippen molar-refractivity contribution in [2.24, 2.45) is 0 Å². The second-order valence-corrected chi connectivity index (χ2v) is 9.61. The zero-order valence-corrected chi connectivity index (χ0v) is 19.7. The quantitative estimate of drug-likeness (QED) is 0.261. The molecule has 0 aliphatic rings.